The minimum atomic E-state index is -0.0888. The summed E-state index contributed by atoms with van der Waals surface area (Å²) in [6.07, 6.45) is 2.40. The number of hydrogen-bond acceptors (Lipinski definition) is 7. The minimum Gasteiger partial charge on any atom is -0.301 e. The van der Waals surface area contributed by atoms with Gasteiger partial charge in [0.25, 0.3) is 5.78 Å². The molecular weight excluding hydrogens is 338 g/mol. The third-order valence-corrected chi connectivity index (χ3v) is 5.17. The molecule has 3 heterocycles. The molecule has 1 N–H and O–H groups in total. The summed E-state index contributed by atoms with van der Waals surface area (Å²) >= 11 is 1.41. The second kappa shape index (κ2) is 6.47. The van der Waals surface area contributed by atoms with Crippen LogP contribution in [-0.2, 0) is 16.6 Å². The van der Waals surface area contributed by atoms with Crippen LogP contribution in [0.2, 0.25) is 0 Å². The maximum atomic E-state index is 12.3. The Balaban J connectivity index is 1.67. The SMILES string of the molecule is Cc1nc2ncnn2c(C)c1CCC(=O)Nc1nnc(C(C)(C)C)s1. The summed E-state index contributed by atoms with van der Waals surface area (Å²) in [4.78, 5) is 20.8. The number of nitrogens with zero attached hydrogens (tertiary/aromatic N) is 6. The van der Waals surface area contributed by atoms with Crippen molar-refractivity contribution < 1.29 is 4.79 Å². The van der Waals surface area contributed by atoms with Crippen LogP contribution < -0.4 is 5.32 Å². The van der Waals surface area contributed by atoms with E-state index in [-0.39, 0.29) is 11.3 Å². The van der Waals surface area contributed by atoms with E-state index in [1.54, 1.807) is 4.52 Å². The Kier molecular flexibility index (Phi) is 4.51. The Hall–Kier alpha value is -2.42. The molecule has 0 aliphatic rings. The normalized spacial score (nSPS) is 11.9. The van der Waals surface area contributed by atoms with Gasteiger partial charge in [-0.25, -0.2) is 9.50 Å². The molecule has 0 radical (unpaired) electrons. The lowest BCUT2D eigenvalue weighted by atomic mass is 9.98. The highest BCUT2D eigenvalue weighted by Crippen LogP contribution is 2.27. The number of fused-ring (bicyclic) bond motifs is 1. The number of aryl methyl sites for hydroxylation is 2. The van der Waals surface area contributed by atoms with E-state index in [9.17, 15) is 4.79 Å². The average Bonchev–Trinajstić information content (AvgIpc) is 3.15. The molecule has 0 fully saturated rings. The van der Waals surface area contributed by atoms with Gasteiger partial charge in [-0.3, -0.25) is 4.79 Å². The summed E-state index contributed by atoms with van der Waals surface area (Å²) < 4.78 is 1.70. The zero-order valence-electron chi connectivity index (χ0n) is 15.0. The molecule has 0 aliphatic carbocycles. The van der Waals surface area contributed by atoms with Crippen LogP contribution in [0, 0.1) is 13.8 Å². The number of carbonyl (C=O) groups excluding carboxylic acids is 1. The molecule has 0 saturated carbocycles. The molecule has 0 saturated heterocycles. The summed E-state index contributed by atoms with van der Waals surface area (Å²) in [7, 11) is 0. The first kappa shape index (κ1) is 17.4. The number of nitrogens with one attached hydrogen (secondary N) is 1. The standard InChI is InChI=1S/C16H21N7OS/c1-9-11(10(2)23-14(19-9)17-8-18-23)6-7-12(24)20-15-22-21-13(25-15)16(3,4)5/h8H,6-7H2,1-5H3,(H,20,22,24). The van der Waals surface area contributed by atoms with Gasteiger partial charge in [0.15, 0.2) is 0 Å². The van der Waals surface area contributed by atoms with Gasteiger partial charge in [-0.1, -0.05) is 32.1 Å². The lowest BCUT2D eigenvalue weighted by molar-refractivity contribution is -0.116. The molecule has 0 aromatic carbocycles. The smallest absolute Gasteiger partial charge is 0.252 e. The van der Waals surface area contributed by atoms with Gasteiger partial charge in [-0.2, -0.15) is 10.1 Å². The first-order valence-corrected chi connectivity index (χ1v) is 8.87. The zero-order chi connectivity index (χ0) is 18.2. The Bertz CT molecular complexity index is 922. The first-order valence-electron chi connectivity index (χ1n) is 8.05. The van der Waals surface area contributed by atoms with Gasteiger partial charge in [0.2, 0.25) is 11.0 Å². The van der Waals surface area contributed by atoms with Crippen molar-refractivity contribution in [2.24, 2.45) is 0 Å². The third-order valence-electron chi connectivity index (χ3n) is 3.90. The molecule has 0 bridgehead atoms. The van der Waals surface area contributed by atoms with Crippen molar-refractivity contribution in [3.05, 3.63) is 28.3 Å². The molecule has 132 valence electrons. The number of rotatable bonds is 4. The van der Waals surface area contributed by atoms with Gasteiger partial charge >= 0.3 is 0 Å². The zero-order valence-corrected chi connectivity index (χ0v) is 15.8. The molecule has 9 heteroatoms. The number of anilines is 1. The maximum absolute atomic E-state index is 12.3. The second-order valence-electron chi connectivity index (χ2n) is 6.94. The summed E-state index contributed by atoms with van der Waals surface area (Å²) in [5.74, 6) is 0.487. The molecule has 0 atom stereocenters. The molecule has 3 aromatic rings. The highest BCUT2D eigenvalue weighted by Gasteiger charge is 2.20. The second-order valence-corrected chi connectivity index (χ2v) is 7.92. The predicted octanol–water partition coefficient (Wildman–Crippen LogP) is 2.46. The molecule has 3 rings (SSSR count). The van der Waals surface area contributed by atoms with Crippen molar-refractivity contribution in [1.82, 2.24) is 29.8 Å². The third kappa shape index (κ3) is 3.65. The molecule has 0 aliphatic heterocycles. The van der Waals surface area contributed by atoms with Crippen molar-refractivity contribution >= 4 is 28.2 Å². The van der Waals surface area contributed by atoms with Gasteiger partial charge < -0.3 is 5.32 Å². The average molecular weight is 359 g/mol. The van der Waals surface area contributed by atoms with Crippen molar-refractivity contribution in [2.45, 2.75) is 52.9 Å². The van der Waals surface area contributed by atoms with E-state index in [1.807, 2.05) is 13.8 Å². The number of aromatic nitrogens is 6. The fraction of sp³-hybridized carbons (Fsp3) is 0.500. The molecular formula is C16H21N7OS. The van der Waals surface area contributed by atoms with Gasteiger partial charge in [0.05, 0.1) is 0 Å². The van der Waals surface area contributed by atoms with E-state index in [4.69, 9.17) is 0 Å². The number of hydrogen-bond donors (Lipinski definition) is 1. The monoisotopic (exact) mass is 359 g/mol. The molecule has 0 spiro atoms. The Morgan fingerprint density at radius 3 is 2.72 bits per heavy atom. The Morgan fingerprint density at radius 2 is 2.04 bits per heavy atom. The van der Waals surface area contributed by atoms with E-state index in [2.05, 4.69) is 51.4 Å². The maximum Gasteiger partial charge on any atom is 0.252 e. The van der Waals surface area contributed by atoms with E-state index >= 15 is 0 Å². The first-order chi connectivity index (χ1) is 11.8. The molecule has 3 aromatic heterocycles. The number of amides is 1. The Morgan fingerprint density at radius 1 is 1.28 bits per heavy atom. The van der Waals surface area contributed by atoms with Gasteiger partial charge in [-0.15, -0.1) is 10.2 Å². The van der Waals surface area contributed by atoms with Crippen LogP contribution in [-0.4, -0.2) is 35.7 Å². The summed E-state index contributed by atoms with van der Waals surface area (Å²) in [5.41, 5.74) is 2.77. The molecule has 1 amide bonds. The molecule has 0 unspecified atom stereocenters. The van der Waals surface area contributed by atoms with Crippen LogP contribution in [0.4, 0.5) is 5.13 Å². The lowest BCUT2D eigenvalue weighted by Gasteiger charge is -2.12. The van der Waals surface area contributed by atoms with E-state index in [0.717, 1.165) is 22.0 Å². The minimum absolute atomic E-state index is 0.0756. The fourth-order valence-corrected chi connectivity index (χ4v) is 3.33. The van der Waals surface area contributed by atoms with E-state index in [1.165, 1.54) is 17.7 Å². The number of carbonyl (C=O) groups is 1. The van der Waals surface area contributed by atoms with Crippen LogP contribution in [0.3, 0.4) is 0 Å². The van der Waals surface area contributed by atoms with E-state index < -0.39 is 0 Å². The van der Waals surface area contributed by atoms with Crippen molar-refractivity contribution in [2.75, 3.05) is 5.32 Å². The van der Waals surface area contributed by atoms with Gasteiger partial charge in [0.1, 0.15) is 11.3 Å². The van der Waals surface area contributed by atoms with Crippen molar-refractivity contribution in [1.29, 1.82) is 0 Å². The Labute approximate surface area is 149 Å². The highest BCUT2D eigenvalue weighted by atomic mass is 32.1. The fourth-order valence-electron chi connectivity index (χ4n) is 2.51. The highest BCUT2D eigenvalue weighted by molar-refractivity contribution is 7.15. The van der Waals surface area contributed by atoms with E-state index in [0.29, 0.717) is 23.8 Å². The quantitative estimate of drug-likeness (QED) is 0.768. The van der Waals surface area contributed by atoms with Crippen LogP contribution in [0.5, 0.6) is 0 Å². The van der Waals surface area contributed by atoms with Gasteiger partial charge in [0, 0.05) is 23.2 Å². The largest absolute Gasteiger partial charge is 0.301 e. The lowest BCUT2D eigenvalue weighted by Crippen LogP contribution is -2.14. The topological polar surface area (TPSA) is 98.0 Å². The van der Waals surface area contributed by atoms with Crippen LogP contribution in [0.1, 0.15) is 49.2 Å². The van der Waals surface area contributed by atoms with Crippen molar-refractivity contribution in [3.8, 4) is 0 Å². The summed E-state index contributed by atoms with van der Waals surface area (Å²) in [6.45, 7) is 10.1. The molecule has 8 nitrogen and oxygen atoms in total. The van der Waals surface area contributed by atoms with Crippen molar-refractivity contribution in [3.63, 3.8) is 0 Å². The van der Waals surface area contributed by atoms with Crippen LogP contribution >= 0.6 is 11.3 Å². The predicted molar refractivity (Wildman–Crippen MR) is 95.8 cm³/mol. The summed E-state index contributed by atoms with van der Waals surface area (Å²) in [6, 6.07) is 0. The van der Waals surface area contributed by atoms with Gasteiger partial charge in [-0.05, 0) is 25.8 Å². The van der Waals surface area contributed by atoms with Crippen LogP contribution in [0.25, 0.3) is 5.78 Å². The molecule has 25 heavy (non-hydrogen) atoms. The van der Waals surface area contributed by atoms with Crippen LogP contribution in [0.15, 0.2) is 6.33 Å². The summed E-state index contributed by atoms with van der Waals surface area (Å²) in [5, 5.41) is 16.6.